The zero-order chi connectivity index (χ0) is 26.6. The summed E-state index contributed by atoms with van der Waals surface area (Å²) in [6.45, 7) is 10.0. The third-order valence-corrected chi connectivity index (χ3v) is 7.37. The number of hydrogen-bond acceptors (Lipinski definition) is 7. The molecule has 0 saturated carbocycles. The Labute approximate surface area is 211 Å². The van der Waals surface area contributed by atoms with Gasteiger partial charge in [-0.3, -0.25) is 9.36 Å². The maximum Gasteiger partial charge on any atom is 0.271 e. The van der Waals surface area contributed by atoms with E-state index in [0.717, 1.165) is 21.8 Å². The van der Waals surface area contributed by atoms with E-state index in [0.29, 0.717) is 18.2 Å². The third-order valence-electron chi connectivity index (χ3n) is 5.95. The first-order chi connectivity index (χ1) is 17.0. The van der Waals surface area contributed by atoms with Crippen LogP contribution in [0, 0.1) is 30.1 Å². The molecule has 0 spiro atoms. The number of azo groups is 1. The van der Waals surface area contributed by atoms with E-state index < -0.39 is 15.6 Å². The average molecular weight is 510 g/mol. The van der Waals surface area contributed by atoms with Gasteiger partial charge < -0.3 is 5.11 Å². The highest BCUT2D eigenvalue weighted by molar-refractivity contribution is 7.89. The predicted molar refractivity (Wildman–Crippen MR) is 139 cm³/mol. The molecule has 1 aromatic heterocycles. The van der Waals surface area contributed by atoms with Gasteiger partial charge in [0.25, 0.3) is 5.56 Å². The molecule has 36 heavy (non-hydrogen) atoms. The van der Waals surface area contributed by atoms with Crippen LogP contribution in [0.2, 0.25) is 0 Å². The molecule has 0 fully saturated rings. The molecule has 0 radical (unpaired) electrons. The quantitative estimate of drug-likeness (QED) is 0.378. The number of rotatable bonds is 9. The van der Waals surface area contributed by atoms with Crippen LogP contribution in [-0.2, 0) is 16.6 Å². The van der Waals surface area contributed by atoms with Gasteiger partial charge in [-0.05, 0) is 67.1 Å². The summed E-state index contributed by atoms with van der Waals surface area (Å²) in [5, 5.41) is 29.6. The SMILES string of the molecule is CCn1c(O)c(N=Nc2ccc3cc(S(=O)(=O)NCC(C)CC(C)C)ccc3c2)c(C)c(C#N)c1=O. The van der Waals surface area contributed by atoms with E-state index in [1.54, 1.807) is 43.3 Å². The summed E-state index contributed by atoms with van der Waals surface area (Å²) in [7, 11) is -3.64. The Morgan fingerprint density at radius 3 is 2.42 bits per heavy atom. The van der Waals surface area contributed by atoms with E-state index in [1.807, 2.05) is 13.0 Å². The number of aromatic nitrogens is 1. The van der Waals surface area contributed by atoms with Crippen molar-refractivity contribution in [1.82, 2.24) is 9.29 Å². The summed E-state index contributed by atoms with van der Waals surface area (Å²) < 4.78 is 29.3. The molecule has 10 heteroatoms. The minimum absolute atomic E-state index is 0.0484. The topological polar surface area (TPSA) is 137 Å². The lowest BCUT2D eigenvalue weighted by Gasteiger charge is -2.15. The summed E-state index contributed by atoms with van der Waals surface area (Å²) in [6.07, 6.45) is 0.937. The van der Waals surface area contributed by atoms with Gasteiger partial charge in [-0.25, -0.2) is 13.1 Å². The van der Waals surface area contributed by atoms with Crippen molar-refractivity contribution in [2.45, 2.75) is 52.5 Å². The van der Waals surface area contributed by atoms with Gasteiger partial charge in [0.2, 0.25) is 15.9 Å². The number of nitrogens with one attached hydrogen (secondary N) is 1. The van der Waals surface area contributed by atoms with Gasteiger partial charge in [0, 0.05) is 18.7 Å². The van der Waals surface area contributed by atoms with Gasteiger partial charge in [-0.15, -0.1) is 5.11 Å². The lowest BCUT2D eigenvalue weighted by molar-refractivity contribution is 0.412. The Bertz CT molecular complexity index is 1520. The molecule has 190 valence electrons. The molecule has 2 aromatic carbocycles. The highest BCUT2D eigenvalue weighted by atomic mass is 32.2. The molecule has 0 aliphatic rings. The number of nitriles is 1. The van der Waals surface area contributed by atoms with E-state index in [2.05, 4.69) is 28.8 Å². The molecular formula is C26H31N5O4S. The smallest absolute Gasteiger partial charge is 0.271 e. The van der Waals surface area contributed by atoms with Crippen LogP contribution in [0.4, 0.5) is 11.4 Å². The molecular weight excluding hydrogens is 478 g/mol. The zero-order valence-corrected chi connectivity index (χ0v) is 21.9. The first-order valence-corrected chi connectivity index (χ1v) is 13.3. The molecule has 1 heterocycles. The molecule has 1 unspecified atom stereocenters. The summed E-state index contributed by atoms with van der Waals surface area (Å²) in [5.74, 6) is 0.377. The van der Waals surface area contributed by atoms with Gasteiger partial charge in [-0.2, -0.15) is 10.4 Å². The Morgan fingerprint density at radius 1 is 1.11 bits per heavy atom. The Balaban J connectivity index is 1.88. The highest BCUT2D eigenvalue weighted by Gasteiger charge is 2.19. The van der Waals surface area contributed by atoms with Crippen LogP contribution in [0.5, 0.6) is 5.88 Å². The van der Waals surface area contributed by atoms with Crippen LogP contribution in [0.15, 0.2) is 56.3 Å². The number of hydrogen-bond donors (Lipinski definition) is 2. The monoisotopic (exact) mass is 509 g/mol. The van der Waals surface area contributed by atoms with Crippen molar-refractivity contribution in [1.29, 1.82) is 5.26 Å². The largest absolute Gasteiger partial charge is 0.493 e. The van der Waals surface area contributed by atoms with Crippen LogP contribution in [0.3, 0.4) is 0 Å². The average Bonchev–Trinajstić information content (AvgIpc) is 2.82. The second kappa shape index (κ2) is 11.0. The minimum atomic E-state index is -3.64. The van der Waals surface area contributed by atoms with Crippen molar-refractivity contribution in [3.8, 4) is 11.9 Å². The van der Waals surface area contributed by atoms with E-state index in [9.17, 15) is 23.6 Å². The number of nitrogens with zero attached hydrogens (tertiary/aromatic N) is 4. The van der Waals surface area contributed by atoms with Crippen LogP contribution >= 0.6 is 0 Å². The summed E-state index contributed by atoms with van der Waals surface area (Å²) in [6, 6.07) is 11.9. The van der Waals surface area contributed by atoms with Gasteiger partial charge >= 0.3 is 0 Å². The fraction of sp³-hybridized carbons (Fsp3) is 0.385. The van der Waals surface area contributed by atoms with Crippen molar-refractivity contribution in [3.63, 3.8) is 0 Å². The van der Waals surface area contributed by atoms with E-state index >= 15 is 0 Å². The molecule has 2 N–H and O–H groups in total. The molecule has 0 aliphatic heterocycles. The van der Waals surface area contributed by atoms with E-state index in [4.69, 9.17) is 0 Å². The molecule has 3 rings (SSSR count). The molecule has 0 amide bonds. The van der Waals surface area contributed by atoms with Crippen LogP contribution in [0.1, 0.15) is 45.2 Å². The summed E-state index contributed by atoms with van der Waals surface area (Å²) >= 11 is 0. The number of pyridine rings is 1. The van der Waals surface area contributed by atoms with Crippen molar-refractivity contribution in [3.05, 3.63) is 57.9 Å². The fourth-order valence-electron chi connectivity index (χ4n) is 4.12. The van der Waals surface area contributed by atoms with E-state index in [1.165, 1.54) is 6.92 Å². The molecule has 0 aliphatic carbocycles. The van der Waals surface area contributed by atoms with Gasteiger partial charge in [0.05, 0.1) is 10.6 Å². The Morgan fingerprint density at radius 2 is 1.78 bits per heavy atom. The molecule has 1 atom stereocenters. The maximum absolute atomic E-state index is 12.8. The second-order valence-corrected chi connectivity index (χ2v) is 11.1. The lowest BCUT2D eigenvalue weighted by atomic mass is 9.99. The molecule has 0 saturated heterocycles. The molecule has 0 bridgehead atoms. The van der Waals surface area contributed by atoms with Gasteiger partial charge in [0.15, 0.2) is 5.69 Å². The van der Waals surface area contributed by atoms with Gasteiger partial charge in [-0.1, -0.05) is 32.9 Å². The fourth-order valence-corrected chi connectivity index (χ4v) is 5.32. The van der Waals surface area contributed by atoms with E-state index in [-0.39, 0.29) is 40.1 Å². The first-order valence-electron chi connectivity index (χ1n) is 11.8. The summed E-state index contributed by atoms with van der Waals surface area (Å²) in [4.78, 5) is 12.5. The minimum Gasteiger partial charge on any atom is -0.493 e. The predicted octanol–water partition coefficient (Wildman–Crippen LogP) is 5.28. The van der Waals surface area contributed by atoms with Crippen molar-refractivity contribution < 1.29 is 13.5 Å². The first kappa shape index (κ1) is 27.0. The molecule has 3 aromatic rings. The maximum atomic E-state index is 12.8. The normalized spacial score (nSPS) is 12.9. The lowest BCUT2D eigenvalue weighted by Crippen LogP contribution is -2.29. The standard InChI is InChI=1S/C26H31N5O4S/c1-6-31-25(32)23(14-27)18(5)24(26(31)33)30-29-21-9-7-20-13-22(10-8-19(20)12-21)36(34,35)28-15-17(4)11-16(2)3/h7-10,12-13,16-17,28,33H,6,11,15H2,1-5H3. The summed E-state index contributed by atoms with van der Waals surface area (Å²) in [5.41, 5.74) is 0.0919. The third kappa shape index (κ3) is 5.80. The highest BCUT2D eigenvalue weighted by Crippen LogP contribution is 2.33. The zero-order valence-electron chi connectivity index (χ0n) is 21.1. The van der Waals surface area contributed by atoms with Gasteiger partial charge in [0.1, 0.15) is 11.6 Å². The molecule has 9 nitrogen and oxygen atoms in total. The van der Waals surface area contributed by atoms with Crippen LogP contribution in [-0.4, -0.2) is 24.6 Å². The number of fused-ring (bicyclic) bond motifs is 1. The second-order valence-electron chi connectivity index (χ2n) is 9.31. The number of aromatic hydroxyl groups is 1. The van der Waals surface area contributed by atoms with Crippen molar-refractivity contribution >= 4 is 32.2 Å². The Hall–Kier alpha value is -3.55. The number of sulfonamides is 1. The Kier molecular flexibility index (Phi) is 8.28. The van der Waals surface area contributed by atoms with Crippen LogP contribution in [0.25, 0.3) is 10.8 Å². The number of benzene rings is 2. The van der Waals surface area contributed by atoms with Crippen LogP contribution < -0.4 is 10.3 Å². The van der Waals surface area contributed by atoms with Crippen molar-refractivity contribution in [2.75, 3.05) is 6.54 Å². The van der Waals surface area contributed by atoms with Crippen molar-refractivity contribution in [2.24, 2.45) is 22.1 Å².